The number of hydrogen-bond donors (Lipinski definition) is 1. The van der Waals surface area contributed by atoms with Crippen molar-refractivity contribution < 1.29 is 14.7 Å². The molecular formula is C19H15NO3. The number of phenols is 1. The van der Waals surface area contributed by atoms with Crippen molar-refractivity contribution in [3.63, 3.8) is 0 Å². The van der Waals surface area contributed by atoms with E-state index in [1.54, 1.807) is 30.3 Å². The first-order valence-corrected chi connectivity index (χ1v) is 7.18. The number of rotatable bonds is 3. The SMILES string of the molecule is Cc1ccc(N2C(=O)C=CC2=O)c(/C=C/c2ccc(O)cc2)c1. The van der Waals surface area contributed by atoms with Gasteiger partial charge in [0, 0.05) is 12.2 Å². The van der Waals surface area contributed by atoms with Crippen LogP contribution in [0.25, 0.3) is 12.2 Å². The molecule has 0 unspecified atom stereocenters. The molecule has 0 saturated heterocycles. The number of phenolic OH excluding ortho intramolecular Hbond substituents is 1. The van der Waals surface area contributed by atoms with Crippen LogP contribution in [-0.4, -0.2) is 16.9 Å². The normalized spacial score (nSPS) is 14.2. The minimum atomic E-state index is -0.335. The Bertz CT molecular complexity index is 814. The Labute approximate surface area is 134 Å². The largest absolute Gasteiger partial charge is 0.508 e. The fraction of sp³-hybridized carbons (Fsp3) is 0.0526. The lowest BCUT2D eigenvalue weighted by atomic mass is 10.1. The predicted molar refractivity (Wildman–Crippen MR) is 89.8 cm³/mol. The summed E-state index contributed by atoms with van der Waals surface area (Å²) in [6.45, 7) is 1.95. The van der Waals surface area contributed by atoms with E-state index in [0.29, 0.717) is 5.69 Å². The van der Waals surface area contributed by atoms with Crippen LogP contribution in [0, 0.1) is 6.92 Å². The number of carbonyl (C=O) groups is 2. The minimum absolute atomic E-state index is 0.206. The lowest BCUT2D eigenvalue weighted by Crippen LogP contribution is -2.30. The second-order valence-corrected chi connectivity index (χ2v) is 5.33. The molecule has 0 aliphatic carbocycles. The topological polar surface area (TPSA) is 57.6 Å². The molecule has 0 atom stereocenters. The van der Waals surface area contributed by atoms with Crippen molar-refractivity contribution in [2.24, 2.45) is 0 Å². The van der Waals surface area contributed by atoms with Gasteiger partial charge in [0.25, 0.3) is 11.8 Å². The molecule has 0 radical (unpaired) electrons. The van der Waals surface area contributed by atoms with Crippen molar-refractivity contribution in [1.82, 2.24) is 0 Å². The molecule has 4 heteroatoms. The third-order valence-corrected chi connectivity index (χ3v) is 3.58. The number of hydrogen-bond acceptors (Lipinski definition) is 3. The van der Waals surface area contributed by atoms with Gasteiger partial charge in [-0.3, -0.25) is 9.59 Å². The molecule has 0 aromatic heterocycles. The Hall–Kier alpha value is -3.14. The Kier molecular flexibility index (Phi) is 3.81. The number of anilines is 1. The first-order chi connectivity index (χ1) is 11.0. The molecule has 1 heterocycles. The molecule has 2 aromatic rings. The molecule has 0 bridgehead atoms. The monoisotopic (exact) mass is 305 g/mol. The second kappa shape index (κ2) is 5.93. The van der Waals surface area contributed by atoms with Crippen molar-refractivity contribution in [3.05, 3.63) is 71.3 Å². The highest BCUT2D eigenvalue weighted by Crippen LogP contribution is 2.27. The number of nitrogens with zero attached hydrogens (tertiary/aromatic N) is 1. The molecule has 2 aromatic carbocycles. The van der Waals surface area contributed by atoms with E-state index in [9.17, 15) is 14.7 Å². The lowest BCUT2D eigenvalue weighted by Gasteiger charge is -2.17. The van der Waals surface area contributed by atoms with Gasteiger partial charge in [-0.2, -0.15) is 0 Å². The predicted octanol–water partition coefficient (Wildman–Crippen LogP) is 3.30. The van der Waals surface area contributed by atoms with E-state index in [-0.39, 0.29) is 17.6 Å². The van der Waals surface area contributed by atoms with Gasteiger partial charge >= 0.3 is 0 Å². The van der Waals surface area contributed by atoms with E-state index in [2.05, 4.69) is 0 Å². The standard InChI is InChI=1S/C19H15NO3/c1-13-2-9-17(20-18(22)10-11-19(20)23)15(12-13)6-3-14-4-7-16(21)8-5-14/h2-12,21H,1H3/b6-3+. The number of amides is 2. The lowest BCUT2D eigenvalue weighted by molar-refractivity contribution is -0.119. The highest BCUT2D eigenvalue weighted by molar-refractivity contribution is 6.28. The van der Waals surface area contributed by atoms with E-state index in [0.717, 1.165) is 21.6 Å². The van der Waals surface area contributed by atoms with Gasteiger partial charge < -0.3 is 5.11 Å². The molecule has 1 aliphatic rings. The van der Waals surface area contributed by atoms with Crippen LogP contribution in [-0.2, 0) is 9.59 Å². The van der Waals surface area contributed by atoms with Crippen molar-refractivity contribution in [2.45, 2.75) is 6.92 Å². The summed E-state index contributed by atoms with van der Waals surface area (Å²) >= 11 is 0. The van der Waals surface area contributed by atoms with Gasteiger partial charge in [0.05, 0.1) is 5.69 Å². The molecule has 4 nitrogen and oxygen atoms in total. The van der Waals surface area contributed by atoms with Crippen LogP contribution in [0.2, 0.25) is 0 Å². The fourth-order valence-corrected chi connectivity index (χ4v) is 2.42. The van der Waals surface area contributed by atoms with E-state index in [1.165, 1.54) is 12.2 Å². The van der Waals surface area contributed by atoms with Crippen molar-refractivity contribution in [1.29, 1.82) is 0 Å². The first-order valence-electron chi connectivity index (χ1n) is 7.18. The smallest absolute Gasteiger partial charge is 0.258 e. The van der Waals surface area contributed by atoms with Crippen LogP contribution in [0.15, 0.2) is 54.6 Å². The molecule has 2 amide bonds. The van der Waals surface area contributed by atoms with Crippen LogP contribution in [0.4, 0.5) is 5.69 Å². The van der Waals surface area contributed by atoms with Crippen molar-refractivity contribution in [2.75, 3.05) is 4.90 Å². The van der Waals surface area contributed by atoms with Crippen LogP contribution in [0.5, 0.6) is 5.75 Å². The summed E-state index contributed by atoms with van der Waals surface area (Å²) in [6.07, 6.45) is 6.27. The fourth-order valence-electron chi connectivity index (χ4n) is 2.42. The molecule has 1 aliphatic heterocycles. The maximum absolute atomic E-state index is 11.9. The van der Waals surface area contributed by atoms with Gasteiger partial charge in [0.15, 0.2) is 0 Å². The average Bonchev–Trinajstić information content (AvgIpc) is 2.86. The summed E-state index contributed by atoms with van der Waals surface area (Å²) < 4.78 is 0. The summed E-state index contributed by atoms with van der Waals surface area (Å²) in [7, 11) is 0. The van der Waals surface area contributed by atoms with Gasteiger partial charge in [-0.15, -0.1) is 0 Å². The second-order valence-electron chi connectivity index (χ2n) is 5.33. The third-order valence-electron chi connectivity index (χ3n) is 3.58. The number of aromatic hydroxyl groups is 1. The zero-order chi connectivity index (χ0) is 16.4. The van der Waals surface area contributed by atoms with Gasteiger partial charge in [0.1, 0.15) is 5.75 Å². The van der Waals surface area contributed by atoms with Crippen molar-refractivity contribution >= 4 is 29.7 Å². The maximum Gasteiger partial charge on any atom is 0.258 e. The molecule has 114 valence electrons. The Balaban J connectivity index is 1.98. The molecule has 3 rings (SSSR count). The van der Waals surface area contributed by atoms with Crippen LogP contribution in [0.1, 0.15) is 16.7 Å². The summed E-state index contributed by atoms with van der Waals surface area (Å²) in [5, 5.41) is 9.31. The number of aryl methyl sites for hydroxylation is 1. The number of benzene rings is 2. The summed E-state index contributed by atoms with van der Waals surface area (Å²) in [4.78, 5) is 25.0. The number of imide groups is 1. The molecule has 0 spiro atoms. The van der Waals surface area contributed by atoms with Gasteiger partial charge in [-0.25, -0.2) is 4.90 Å². The zero-order valence-electron chi connectivity index (χ0n) is 12.6. The zero-order valence-corrected chi connectivity index (χ0v) is 12.6. The van der Waals surface area contributed by atoms with Crippen LogP contribution in [0.3, 0.4) is 0 Å². The van der Waals surface area contributed by atoms with Crippen LogP contribution < -0.4 is 4.90 Å². The van der Waals surface area contributed by atoms with Gasteiger partial charge in [-0.1, -0.05) is 35.9 Å². The first kappa shape index (κ1) is 14.8. The molecule has 0 fully saturated rings. The molecule has 1 N–H and O–H groups in total. The maximum atomic E-state index is 11.9. The van der Waals surface area contributed by atoms with Crippen LogP contribution >= 0.6 is 0 Å². The van der Waals surface area contributed by atoms with E-state index < -0.39 is 0 Å². The summed E-state index contributed by atoms with van der Waals surface area (Å²) in [6, 6.07) is 12.3. The highest BCUT2D eigenvalue weighted by atomic mass is 16.3. The molecule has 23 heavy (non-hydrogen) atoms. The third kappa shape index (κ3) is 3.06. The Morgan fingerprint density at radius 2 is 1.57 bits per heavy atom. The Morgan fingerprint density at radius 1 is 0.913 bits per heavy atom. The summed E-state index contributed by atoms with van der Waals surface area (Å²) in [5.74, 6) is -0.464. The van der Waals surface area contributed by atoms with E-state index in [4.69, 9.17) is 0 Å². The summed E-state index contributed by atoms with van der Waals surface area (Å²) in [5.41, 5.74) is 3.28. The quantitative estimate of drug-likeness (QED) is 0.699. The average molecular weight is 305 g/mol. The highest BCUT2D eigenvalue weighted by Gasteiger charge is 2.26. The van der Waals surface area contributed by atoms with Gasteiger partial charge in [0.2, 0.25) is 0 Å². The van der Waals surface area contributed by atoms with E-state index in [1.807, 2.05) is 31.2 Å². The number of carbonyl (C=O) groups excluding carboxylic acids is 2. The molecule has 0 saturated carbocycles. The minimum Gasteiger partial charge on any atom is -0.508 e. The van der Waals surface area contributed by atoms with Gasteiger partial charge in [-0.05, 0) is 42.3 Å². The van der Waals surface area contributed by atoms with E-state index >= 15 is 0 Å². The Morgan fingerprint density at radius 3 is 2.22 bits per heavy atom. The molecular weight excluding hydrogens is 290 g/mol. The van der Waals surface area contributed by atoms with Crippen molar-refractivity contribution in [3.8, 4) is 5.75 Å².